The fourth-order valence-electron chi connectivity index (χ4n) is 1.04. The smallest absolute Gasteiger partial charge is 0.136 e. The first kappa shape index (κ1) is 10.4. The van der Waals surface area contributed by atoms with Gasteiger partial charge in [-0.1, -0.05) is 11.8 Å². The lowest BCUT2D eigenvalue weighted by molar-refractivity contribution is 0.414. The van der Waals surface area contributed by atoms with Crippen LogP contribution in [-0.4, -0.2) is 20.7 Å². The summed E-state index contributed by atoms with van der Waals surface area (Å²) in [5.41, 5.74) is 7.16. The second kappa shape index (κ2) is 5.15. The van der Waals surface area contributed by atoms with Gasteiger partial charge in [0.25, 0.3) is 0 Å². The number of nitrogens with two attached hydrogens (primary N) is 1. The molecule has 0 aliphatic rings. The molecule has 0 radical (unpaired) electrons. The molecule has 0 aromatic heterocycles. The Kier molecular flexibility index (Phi) is 3.84. The average molecular weight is 190 g/mol. The van der Waals surface area contributed by atoms with E-state index in [0.29, 0.717) is 18.0 Å². The summed E-state index contributed by atoms with van der Waals surface area (Å²) >= 11 is 0. The van der Waals surface area contributed by atoms with Crippen LogP contribution in [0.3, 0.4) is 0 Å². The highest BCUT2D eigenvalue weighted by molar-refractivity contribution is 5.54. The Balaban J connectivity index is 2.92. The number of methoxy groups -OCH3 is 1. The number of rotatable bonds is 2. The van der Waals surface area contributed by atoms with E-state index in [1.807, 2.05) is 19.2 Å². The van der Waals surface area contributed by atoms with E-state index in [0.717, 1.165) is 5.56 Å². The molecule has 0 aliphatic heterocycles. The first-order chi connectivity index (χ1) is 6.77. The van der Waals surface area contributed by atoms with Gasteiger partial charge in [0.2, 0.25) is 0 Å². The molecule has 1 aromatic carbocycles. The van der Waals surface area contributed by atoms with Crippen molar-refractivity contribution in [3.8, 4) is 17.6 Å². The quantitative estimate of drug-likeness (QED) is 0.537. The van der Waals surface area contributed by atoms with E-state index in [1.165, 1.54) is 0 Å². The van der Waals surface area contributed by atoms with E-state index < -0.39 is 0 Å². The molecule has 0 heterocycles. The van der Waals surface area contributed by atoms with Gasteiger partial charge in [-0.25, -0.2) is 0 Å². The van der Waals surface area contributed by atoms with Gasteiger partial charge in [-0.2, -0.15) is 0 Å². The van der Waals surface area contributed by atoms with Crippen molar-refractivity contribution in [1.29, 1.82) is 0 Å². The van der Waals surface area contributed by atoms with Crippen molar-refractivity contribution in [2.24, 2.45) is 0 Å². The Morgan fingerprint density at radius 1 is 1.50 bits per heavy atom. The van der Waals surface area contributed by atoms with Crippen molar-refractivity contribution < 1.29 is 4.74 Å². The van der Waals surface area contributed by atoms with Crippen LogP contribution in [0.5, 0.6) is 5.75 Å². The number of nitrogen functional groups attached to an aromatic ring is 1. The number of nitrogens with one attached hydrogen (secondary N) is 1. The third-order valence-corrected chi connectivity index (χ3v) is 1.71. The Labute approximate surface area is 84.3 Å². The molecule has 0 spiro atoms. The van der Waals surface area contributed by atoms with E-state index in [2.05, 4.69) is 17.2 Å². The molecule has 0 unspecified atom stereocenters. The van der Waals surface area contributed by atoms with Crippen LogP contribution in [-0.2, 0) is 0 Å². The van der Waals surface area contributed by atoms with Crippen LogP contribution in [0.15, 0.2) is 18.2 Å². The van der Waals surface area contributed by atoms with Crippen molar-refractivity contribution >= 4 is 5.69 Å². The van der Waals surface area contributed by atoms with E-state index >= 15 is 0 Å². The maximum absolute atomic E-state index is 5.62. The summed E-state index contributed by atoms with van der Waals surface area (Å²) in [6, 6.07) is 5.44. The molecule has 3 heteroatoms. The number of hydrogen-bond donors (Lipinski definition) is 2. The number of anilines is 1. The van der Waals surface area contributed by atoms with Crippen molar-refractivity contribution in [2.75, 3.05) is 26.4 Å². The summed E-state index contributed by atoms with van der Waals surface area (Å²) in [4.78, 5) is 0. The first-order valence-corrected chi connectivity index (χ1v) is 4.35. The molecule has 74 valence electrons. The van der Waals surface area contributed by atoms with Gasteiger partial charge in [0.1, 0.15) is 5.75 Å². The minimum Gasteiger partial charge on any atom is -0.495 e. The highest BCUT2D eigenvalue weighted by Crippen LogP contribution is 2.19. The van der Waals surface area contributed by atoms with Gasteiger partial charge in [-0.05, 0) is 19.2 Å². The van der Waals surface area contributed by atoms with Crippen molar-refractivity contribution in [3.63, 3.8) is 0 Å². The van der Waals surface area contributed by atoms with Crippen molar-refractivity contribution in [3.05, 3.63) is 23.8 Å². The Morgan fingerprint density at radius 2 is 2.29 bits per heavy atom. The molecule has 0 aliphatic carbocycles. The van der Waals surface area contributed by atoms with Crippen LogP contribution in [0.2, 0.25) is 0 Å². The van der Waals surface area contributed by atoms with Crippen LogP contribution < -0.4 is 15.8 Å². The predicted octanol–water partition coefficient (Wildman–Crippen LogP) is 0.848. The molecule has 0 amide bonds. The monoisotopic (exact) mass is 190 g/mol. The normalized spacial score (nSPS) is 9.00. The number of benzene rings is 1. The maximum Gasteiger partial charge on any atom is 0.136 e. The maximum atomic E-state index is 5.62. The van der Waals surface area contributed by atoms with Gasteiger partial charge >= 0.3 is 0 Å². The molecule has 1 rings (SSSR count). The van der Waals surface area contributed by atoms with Crippen LogP contribution in [0, 0.1) is 11.8 Å². The van der Waals surface area contributed by atoms with Crippen molar-refractivity contribution in [1.82, 2.24) is 5.32 Å². The Morgan fingerprint density at radius 3 is 2.93 bits per heavy atom. The summed E-state index contributed by atoms with van der Waals surface area (Å²) in [5.74, 6) is 6.68. The molecule has 0 saturated carbocycles. The average Bonchev–Trinajstić information content (AvgIpc) is 2.20. The number of ether oxygens (including phenoxy) is 1. The molecule has 0 atom stereocenters. The van der Waals surface area contributed by atoms with Gasteiger partial charge in [-0.15, -0.1) is 0 Å². The van der Waals surface area contributed by atoms with Crippen LogP contribution >= 0.6 is 0 Å². The lowest BCUT2D eigenvalue weighted by atomic mass is 10.2. The van der Waals surface area contributed by atoms with E-state index in [-0.39, 0.29) is 0 Å². The third-order valence-electron chi connectivity index (χ3n) is 1.71. The van der Waals surface area contributed by atoms with Crippen molar-refractivity contribution in [2.45, 2.75) is 0 Å². The minimum absolute atomic E-state index is 0.660. The third kappa shape index (κ3) is 2.68. The zero-order valence-electron chi connectivity index (χ0n) is 8.42. The molecular weight excluding hydrogens is 176 g/mol. The molecule has 1 aromatic rings. The van der Waals surface area contributed by atoms with Crippen LogP contribution in [0.4, 0.5) is 5.69 Å². The minimum atomic E-state index is 0.660. The van der Waals surface area contributed by atoms with E-state index in [1.54, 1.807) is 13.2 Å². The molecule has 0 saturated heterocycles. The molecule has 0 bridgehead atoms. The second-order valence-electron chi connectivity index (χ2n) is 2.79. The van der Waals surface area contributed by atoms with Crippen LogP contribution in [0.1, 0.15) is 5.56 Å². The van der Waals surface area contributed by atoms with Gasteiger partial charge in [-0.3, -0.25) is 0 Å². The summed E-state index contributed by atoms with van der Waals surface area (Å²) < 4.78 is 5.15. The topological polar surface area (TPSA) is 47.3 Å². The highest BCUT2D eigenvalue weighted by atomic mass is 16.5. The first-order valence-electron chi connectivity index (χ1n) is 4.35. The lowest BCUT2D eigenvalue weighted by Crippen LogP contribution is -2.04. The Bertz CT molecular complexity index is 363. The molecule has 3 N–H and O–H groups in total. The zero-order valence-corrected chi connectivity index (χ0v) is 8.42. The number of hydrogen-bond acceptors (Lipinski definition) is 3. The largest absolute Gasteiger partial charge is 0.495 e. The highest BCUT2D eigenvalue weighted by Gasteiger charge is 1.99. The molecule has 14 heavy (non-hydrogen) atoms. The summed E-state index contributed by atoms with van der Waals surface area (Å²) in [6.07, 6.45) is 0. The van der Waals surface area contributed by atoms with Crippen LogP contribution in [0.25, 0.3) is 0 Å². The summed E-state index contributed by atoms with van der Waals surface area (Å²) in [5, 5.41) is 2.95. The molecular formula is C11H14N2O. The van der Waals surface area contributed by atoms with Gasteiger partial charge in [0, 0.05) is 11.8 Å². The predicted molar refractivity (Wildman–Crippen MR) is 58.2 cm³/mol. The lowest BCUT2D eigenvalue weighted by Gasteiger charge is -2.03. The Hall–Kier alpha value is -1.66. The van der Waals surface area contributed by atoms with Gasteiger partial charge < -0.3 is 15.8 Å². The summed E-state index contributed by atoms with van der Waals surface area (Å²) in [7, 11) is 3.47. The summed E-state index contributed by atoms with van der Waals surface area (Å²) in [6.45, 7) is 0.660. The van der Waals surface area contributed by atoms with E-state index in [4.69, 9.17) is 10.5 Å². The second-order valence-corrected chi connectivity index (χ2v) is 2.79. The van der Waals surface area contributed by atoms with Gasteiger partial charge in [0.05, 0.1) is 19.2 Å². The fraction of sp³-hybridized carbons (Fsp3) is 0.273. The fourth-order valence-corrected chi connectivity index (χ4v) is 1.04. The molecule has 3 nitrogen and oxygen atoms in total. The molecule has 0 fully saturated rings. The van der Waals surface area contributed by atoms with Gasteiger partial charge in [0.15, 0.2) is 0 Å². The van der Waals surface area contributed by atoms with E-state index in [9.17, 15) is 0 Å². The zero-order chi connectivity index (χ0) is 10.4. The SMILES string of the molecule is CNCC#Cc1ccc(N)cc1OC. The standard InChI is InChI=1S/C11H14N2O/c1-13-7-3-4-9-5-6-10(12)8-11(9)14-2/h5-6,8,13H,7,12H2,1-2H3.